The van der Waals surface area contributed by atoms with Gasteiger partial charge in [0.05, 0.1) is 0 Å². The van der Waals surface area contributed by atoms with Crippen LogP contribution < -0.4 is 15.5 Å². The zero-order valence-electron chi connectivity index (χ0n) is 15.6. The van der Waals surface area contributed by atoms with Crippen molar-refractivity contribution in [2.24, 2.45) is 0 Å². The Hall–Kier alpha value is -2.63. The summed E-state index contributed by atoms with van der Waals surface area (Å²) in [6.45, 7) is 7.00. The smallest absolute Gasteiger partial charge is 0.274 e. The fourth-order valence-electron chi connectivity index (χ4n) is 3.09. The Kier molecular flexibility index (Phi) is 6.04. The van der Waals surface area contributed by atoms with Crippen LogP contribution in [0.5, 0.6) is 0 Å². The Balaban J connectivity index is 1.65. The number of carbonyl (C=O) groups excluding carboxylic acids is 1. The molecule has 1 saturated heterocycles. The van der Waals surface area contributed by atoms with Crippen LogP contribution in [0.1, 0.15) is 48.9 Å². The molecule has 26 heavy (non-hydrogen) atoms. The molecule has 1 aromatic carbocycles. The SMILES string of the molecule is CCCCNc1cc(C(=O)Nc2ccc(N3CCCC3)cc2)nc(C)n1. The number of amides is 1. The summed E-state index contributed by atoms with van der Waals surface area (Å²) in [5, 5.41) is 6.17. The molecular weight excluding hydrogens is 326 g/mol. The van der Waals surface area contributed by atoms with Crippen LogP contribution in [-0.4, -0.2) is 35.5 Å². The van der Waals surface area contributed by atoms with Gasteiger partial charge in [-0.15, -0.1) is 0 Å². The van der Waals surface area contributed by atoms with Crippen molar-refractivity contribution in [3.8, 4) is 0 Å². The van der Waals surface area contributed by atoms with E-state index in [0.29, 0.717) is 17.3 Å². The molecule has 0 saturated carbocycles. The number of carbonyl (C=O) groups is 1. The van der Waals surface area contributed by atoms with Crippen LogP contribution in [0.3, 0.4) is 0 Å². The summed E-state index contributed by atoms with van der Waals surface area (Å²) in [4.78, 5) is 23.5. The summed E-state index contributed by atoms with van der Waals surface area (Å²) in [7, 11) is 0. The van der Waals surface area contributed by atoms with Gasteiger partial charge in [0.2, 0.25) is 0 Å². The van der Waals surface area contributed by atoms with Gasteiger partial charge < -0.3 is 15.5 Å². The van der Waals surface area contributed by atoms with Crippen molar-refractivity contribution in [1.29, 1.82) is 0 Å². The topological polar surface area (TPSA) is 70.2 Å². The lowest BCUT2D eigenvalue weighted by molar-refractivity contribution is 0.102. The maximum atomic E-state index is 12.6. The van der Waals surface area contributed by atoms with Crippen molar-refractivity contribution in [3.05, 3.63) is 41.9 Å². The molecule has 0 bridgehead atoms. The number of aromatic nitrogens is 2. The minimum Gasteiger partial charge on any atom is -0.372 e. The van der Waals surface area contributed by atoms with Crippen molar-refractivity contribution in [2.45, 2.75) is 39.5 Å². The number of hydrogen-bond acceptors (Lipinski definition) is 5. The van der Waals surface area contributed by atoms with Crippen molar-refractivity contribution in [1.82, 2.24) is 9.97 Å². The molecule has 1 aromatic heterocycles. The standard InChI is InChI=1S/C20H27N5O/c1-3-4-11-21-19-14-18(22-15(2)23-19)20(26)24-16-7-9-17(10-8-16)25-12-5-6-13-25/h7-10,14H,3-6,11-13H2,1-2H3,(H,24,26)(H,21,22,23). The van der Waals surface area contributed by atoms with Gasteiger partial charge in [0.1, 0.15) is 17.3 Å². The number of rotatable bonds is 7. The first-order valence-electron chi connectivity index (χ1n) is 9.41. The molecule has 0 aliphatic carbocycles. The van der Waals surface area contributed by atoms with E-state index in [9.17, 15) is 4.79 Å². The number of anilines is 3. The number of hydrogen-bond donors (Lipinski definition) is 2. The molecule has 2 heterocycles. The number of aryl methyl sites for hydroxylation is 1. The minimum absolute atomic E-state index is 0.219. The molecule has 6 heteroatoms. The third-order valence-corrected chi connectivity index (χ3v) is 4.50. The van der Waals surface area contributed by atoms with Gasteiger partial charge in [-0.2, -0.15) is 0 Å². The summed E-state index contributed by atoms with van der Waals surface area (Å²) in [6.07, 6.45) is 4.67. The molecule has 1 fully saturated rings. The lowest BCUT2D eigenvalue weighted by Crippen LogP contribution is -2.18. The van der Waals surface area contributed by atoms with Gasteiger partial charge in [0, 0.05) is 37.1 Å². The fourth-order valence-corrected chi connectivity index (χ4v) is 3.09. The first kappa shape index (κ1) is 18.2. The van der Waals surface area contributed by atoms with E-state index in [4.69, 9.17) is 0 Å². The van der Waals surface area contributed by atoms with E-state index >= 15 is 0 Å². The van der Waals surface area contributed by atoms with Gasteiger partial charge in [-0.1, -0.05) is 13.3 Å². The molecule has 1 aliphatic heterocycles. The van der Waals surface area contributed by atoms with Crippen molar-refractivity contribution >= 4 is 23.1 Å². The predicted octanol–water partition coefficient (Wildman–Crippen LogP) is 3.85. The first-order valence-corrected chi connectivity index (χ1v) is 9.41. The van der Waals surface area contributed by atoms with Crippen molar-refractivity contribution < 1.29 is 4.79 Å². The molecule has 6 nitrogen and oxygen atoms in total. The van der Waals surface area contributed by atoms with E-state index in [0.717, 1.165) is 38.2 Å². The van der Waals surface area contributed by atoms with Crippen LogP contribution in [0, 0.1) is 6.92 Å². The Morgan fingerprint density at radius 1 is 1.15 bits per heavy atom. The molecule has 1 aliphatic rings. The molecule has 2 N–H and O–H groups in total. The van der Waals surface area contributed by atoms with E-state index in [1.54, 1.807) is 13.0 Å². The molecule has 3 rings (SSSR count). The zero-order valence-corrected chi connectivity index (χ0v) is 15.6. The van der Waals surface area contributed by atoms with Crippen LogP contribution in [0.4, 0.5) is 17.2 Å². The molecule has 0 radical (unpaired) electrons. The number of unbranched alkanes of at least 4 members (excludes halogenated alkanes) is 1. The number of benzene rings is 1. The molecule has 2 aromatic rings. The molecule has 138 valence electrons. The van der Waals surface area contributed by atoms with Gasteiger partial charge in [-0.25, -0.2) is 9.97 Å². The third-order valence-electron chi connectivity index (χ3n) is 4.50. The Labute approximate surface area is 155 Å². The highest BCUT2D eigenvalue weighted by atomic mass is 16.1. The van der Waals surface area contributed by atoms with E-state index in [1.165, 1.54) is 18.5 Å². The largest absolute Gasteiger partial charge is 0.372 e. The average molecular weight is 353 g/mol. The molecular formula is C20H27N5O. The van der Waals surface area contributed by atoms with Gasteiger partial charge in [-0.3, -0.25) is 4.79 Å². The highest BCUT2D eigenvalue weighted by Gasteiger charge is 2.13. The lowest BCUT2D eigenvalue weighted by Gasteiger charge is -2.17. The Morgan fingerprint density at radius 3 is 2.58 bits per heavy atom. The number of nitrogens with zero attached hydrogens (tertiary/aromatic N) is 3. The van der Waals surface area contributed by atoms with Crippen molar-refractivity contribution in [3.63, 3.8) is 0 Å². The van der Waals surface area contributed by atoms with Gasteiger partial charge in [0.25, 0.3) is 5.91 Å². The monoisotopic (exact) mass is 353 g/mol. The van der Waals surface area contributed by atoms with E-state index < -0.39 is 0 Å². The van der Waals surface area contributed by atoms with E-state index in [2.05, 4.69) is 44.6 Å². The van der Waals surface area contributed by atoms with Gasteiger partial charge >= 0.3 is 0 Å². The van der Waals surface area contributed by atoms with Gasteiger partial charge in [-0.05, 0) is 50.5 Å². The second-order valence-electron chi connectivity index (χ2n) is 6.66. The maximum Gasteiger partial charge on any atom is 0.274 e. The first-order chi connectivity index (χ1) is 12.7. The molecule has 0 atom stereocenters. The third kappa shape index (κ3) is 4.71. The highest BCUT2D eigenvalue weighted by molar-refractivity contribution is 6.03. The summed E-state index contributed by atoms with van der Waals surface area (Å²) >= 11 is 0. The fraction of sp³-hybridized carbons (Fsp3) is 0.450. The quantitative estimate of drug-likeness (QED) is 0.740. The molecule has 0 spiro atoms. The van der Waals surface area contributed by atoms with Crippen LogP contribution in [0.2, 0.25) is 0 Å². The second-order valence-corrected chi connectivity index (χ2v) is 6.66. The van der Waals surface area contributed by atoms with E-state index in [-0.39, 0.29) is 5.91 Å². The summed E-state index contributed by atoms with van der Waals surface area (Å²) < 4.78 is 0. The number of nitrogens with one attached hydrogen (secondary N) is 2. The van der Waals surface area contributed by atoms with Crippen LogP contribution in [-0.2, 0) is 0 Å². The van der Waals surface area contributed by atoms with Gasteiger partial charge in [0.15, 0.2) is 0 Å². The second kappa shape index (κ2) is 8.65. The van der Waals surface area contributed by atoms with E-state index in [1.807, 2.05) is 12.1 Å². The summed E-state index contributed by atoms with van der Waals surface area (Å²) in [6, 6.07) is 9.71. The van der Waals surface area contributed by atoms with Crippen molar-refractivity contribution in [2.75, 3.05) is 35.2 Å². The highest BCUT2D eigenvalue weighted by Crippen LogP contribution is 2.22. The normalized spacial score (nSPS) is 13.7. The maximum absolute atomic E-state index is 12.6. The van der Waals surface area contributed by atoms with Crippen LogP contribution >= 0.6 is 0 Å². The predicted molar refractivity (Wildman–Crippen MR) is 106 cm³/mol. The molecule has 0 unspecified atom stereocenters. The summed E-state index contributed by atoms with van der Waals surface area (Å²) in [5.74, 6) is 1.06. The van der Waals surface area contributed by atoms with Crippen LogP contribution in [0.15, 0.2) is 30.3 Å². The Morgan fingerprint density at radius 2 is 1.88 bits per heavy atom. The molecule has 1 amide bonds. The summed E-state index contributed by atoms with van der Waals surface area (Å²) in [5.41, 5.74) is 2.36. The zero-order chi connectivity index (χ0) is 18.4. The van der Waals surface area contributed by atoms with Crippen LogP contribution in [0.25, 0.3) is 0 Å². The Bertz CT molecular complexity index is 738. The average Bonchev–Trinajstić information content (AvgIpc) is 3.17. The lowest BCUT2D eigenvalue weighted by atomic mass is 10.2. The minimum atomic E-state index is -0.219.